The third-order valence-corrected chi connectivity index (χ3v) is 4.02. The normalized spacial score (nSPS) is 13.3. The first kappa shape index (κ1) is 17.0. The largest absolute Gasteiger partial charge is 0.375 e. The molecular weight excluding hydrogens is 325 g/mol. The highest BCUT2D eigenvalue weighted by atomic mass is 19.1. The zero-order chi connectivity index (χ0) is 17.8. The molecule has 0 saturated heterocycles. The van der Waals surface area contributed by atoms with Crippen LogP contribution in [0.4, 0.5) is 15.8 Å². The summed E-state index contributed by atoms with van der Waals surface area (Å²) in [5.41, 5.74) is 2.65. The van der Waals surface area contributed by atoms with Crippen LogP contribution >= 0.6 is 0 Å². The number of hydrogen-bond acceptors (Lipinski definition) is 4. The van der Waals surface area contributed by atoms with Crippen molar-refractivity contribution in [2.24, 2.45) is 0 Å². The van der Waals surface area contributed by atoms with Gasteiger partial charge in [-0.2, -0.15) is 4.39 Å². The van der Waals surface area contributed by atoms with Crippen LogP contribution in [-0.2, 0) is 16.0 Å². The van der Waals surface area contributed by atoms with Crippen molar-refractivity contribution in [3.8, 4) is 0 Å². The second-order valence-corrected chi connectivity index (χ2v) is 5.75. The molecule has 1 aromatic carbocycles. The predicted molar refractivity (Wildman–Crippen MR) is 91.1 cm³/mol. The Labute approximate surface area is 144 Å². The first-order valence-electron chi connectivity index (χ1n) is 7.93. The van der Waals surface area contributed by atoms with E-state index >= 15 is 0 Å². The molecule has 1 aliphatic heterocycles. The van der Waals surface area contributed by atoms with E-state index in [1.165, 1.54) is 19.4 Å². The summed E-state index contributed by atoms with van der Waals surface area (Å²) in [5.74, 6) is -1.15. The number of nitrogens with zero attached hydrogens (tertiary/aromatic N) is 2. The molecule has 6 nitrogen and oxygen atoms in total. The number of aryl methyl sites for hydroxylation is 1. The highest BCUT2D eigenvalue weighted by Gasteiger charge is 2.23. The van der Waals surface area contributed by atoms with Gasteiger partial charge in [0.1, 0.15) is 6.61 Å². The molecule has 3 rings (SSSR count). The first-order valence-corrected chi connectivity index (χ1v) is 7.93. The van der Waals surface area contributed by atoms with Gasteiger partial charge in [-0.05, 0) is 42.7 Å². The monoisotopic (exact) mass is 343 g/mol. The van der Waals surface area contributed by atoms with E-state index in [0.717, 1.165) is 30.2 Å². The molecule has 0 unspecified atom stereocenters. The second kappa shape index (κ2) is 7.40. The van der Waals surface area contributed by atoms with Crippen LogP contribution < -0.4 is 10.2 Å². The van der Waals surface area contributed by atoms with Crippen LogP contribution in [-0.4, -0.2) is 37.1 Å². The minimum atomic E-state index is -0.641. The average Bonchev–Trinajstić information content (AvgIpc) is 2.62. The van der Waals surface area contributed by atoms with E-state index in [1.807, 2.05) is 6.07 Å². The number of nitrogens with one attached hydrogen (secondary N) is 1. The fraction of sp³-hybridized carbons (Fsp3) is 0.278. The molecule has 0 bridgehead atoms. The summed E-state index contributed by atoms with van der Waals surface area (Å²) in [6.45, 7) is 0.631. The number of methoxy groups -OCH3 is 1. The van der Waals surface area contributed by atoms with Crippen LogP contribution in [0.15, 0.2) is 36.5 Å². The molecule has 0 fully saturated rings. The lowest BCUT2D eigenvalue weighted by Crippen LogP contribution is -2.37. The van der Waals surface area contributed by atoms with Crippen molar-refractivity contribution in [3.63, 3.8) is 0 Å². The number of hydrogen-bond donors (Lipinski definition) is 1. The van der Waals surface area contributed by atoms with Crippen LogP contribution in [0.3, 0.4) is 0 Å². The van der Waals surface area contributed by atoms with Crippen LogP contribution in [0.1, 0.15) is 22.3 Å². The third-order valence-electron chi connectivity index (χ3n) is 4.02. The van der Waals surface area contributed by atoms with Crippen LogP contribution in [0.2, 0.25) is 0 Å². The highest BCUT2D eigenvalue weighted by molar-refractivity contribution is 6.04. The van der Waals surface area contributed by atoms with Crippen LogP contribution in [0.5, 0.6) is 0 Å². The number of benzene rings is 1. The molecule has 0 spiro atoms. The van der Waals surface area contributed by atoms with Crippen molar-refractivity contribution in [3.05, 3.63) is 53.6 Å². The Hall–Kier alpha value is -2.80. The molecule has 2 amide bonds. The van der Waals surface area contributed by atoms with E-state index in [4.69, 9.17) is 4.74 Å². The van der Waals surface area contributed by atoms with E-state index in [-0.39, 0.29) is 18.1 Å². The standard InChI is InChI=1S/C18H18FN3O3/c1-25-11-17(23)22-8-2-3-12-4-6-14(9-15(12)22)21-18(24)13-5-7-16(19)20-10-13/h4-7,9-10H,2-3,8,11H2,1H3,(H,21,24). The van der Waals surface area contributed by atoms with Gasteiger partial charge < -0.3 is 15.0 Å². The molecular formula is C18H18FN3O3. The Morgan fingerprint density at radius 3 is 2.88 bits per heavy atom. The summed E-state index contributed by atoms with van der Waals surface area (Å²) in [5, 5.41) is 2.75. The maximum absolute atomic E-state index is 12.9. The van der Waals surface area contributed by atoms with Crippen molar-refractivity contribution >= 4 is 23.2 Å². The molecule has 1 N–H and O–H groups in total. The number of carbonyl (C=O) groups excluding carboxylic acids is 2. The van der Waals surface area contributed by atoms with Gasteiger partial charge in [-0.25, -0.2) is 4.98 Å². The van der Waals surface area contributed by atoms with Crippen LogP contribution in [0, 0.1) is 5.95 Å². The maximum Gasteiger partial charge on any atom is 0.257 e. The number of ether oxygens (including phenoxy) is 1. The lowest BCUT2D eigenvalue weighted by Gasteiger charge is -2.29. The van der Waals surface area contributed by atoms with Gasteiger partial charge in [-0.15, -0.1) is 0 Å². The zero-order valence-corrected chi connectivity index (χ0v) is 13.8. The number of rotatable bonds is 4. The summed E-state index contributed by atoms with van der Waals surface area (Å²) in [4.78, 5) is 29.6. The molecule has 7 heteroatoms. The summed E-state index contributed by atoms with van der Waals surface area (Å²) in [6, 6.07) is 7.96. The second-order valence-electron chi connectivity index (χ2n) is 5.75. The lowest BCUT2D eigenvalue weighted by atomic mass is 10.0. The number of anilines is 2. The molecule has 130 valence electrons. The van der Waals surface area contributed by atoms with Crippen LogP contribution in [0.25, 0.3) is 0 Å². The molecule has 2 heterocycles. The molecule has 25 heavy (non-hydrogen) atoms. The summed E-state index contributed by atoms with van der Waals surface area (Å²) < 4.78 is 17.8. The fourth-order valence-corrected chi connectivity index (χ4v) is 2.83. The smallest absolute Gasteiger partial charge is 0.257 e. The maximum atomic E-state index is 12.9. The molecule has 0 aliphatic carbocycles. The van der Waals surface area contributed by atoms with E-state index in [0.29, 0.717) is 12.2 Å². The van der Waals surface area contributed by atoms with E-state index in [1.54, 1.807) is 17.0 Å². The summed E-state index contributed by atoms with van der Waals surface area (Å²) >= 11 is 0. The minimum Gasteiger partial charge on any atom is -0.375 e. The topological polar surface area (TPSA) is 71.5 Å². The Bertz CT molecular complexity index is 793. The van der Waals surface area contributed by atoms with Crippen molar-refractivity contribution in [1.29, 1.82) is 0 Å². The fourth-order valence-electron chi connectivity index (χ4n) is 2.83. The predicted octanol–water partition coefficient (Wildman–Crippen LogP) is 2.40. The van der Waals surface area contributed by atoms with Crippen molar-refractivity contribution in [2.45, 2.75) is 12.8 Å². The molecule has 2 aromatic rings. The Kier molecular flexibility index (Phi) is 5.04. The van der Waals surface area contributed by atoms with Gasteiger partial charge in [0.25, 0.3) is 11.8 Å². The molecule has 1 aromatic heterocycles. The number of pyridine rings is 1. The third kappa shape index (κ3) is 3.83. The van der Waals surface area contributed by atoms with Crippen molar-refractivity contribution in [1.82, 2.24) is 4.98 Å². The molecule has 0 saturated carbocycles. The quantitative estimate of drug-likeness (QED) is 0.866. The molecule has 0 atom stereocenters. The average molecular weight is 343 g/mol. The van der Waals surface area contributed by atoms with E-state index in [9.17, 15) is 14.0 Å². The lowest BCUT2D eigenvalue weighted by molar-refractivity contribution is -0.122. The van der Waals surface area contributed by atoms with Gasteiger partial charge in [-0.1, -0.05) is 6.07 Å². The Morgan fingerprint density at radius 2 is 2.16 bits per heavy atom. The number of carbonyl (C=O) groups is 2. The number of halogens is 1. The van der Waals surface area contributed by atoms with Gasteiger partial charge in [0.2, 0.25) is 5.95 Å². The summed E-state index contributed by atoms with van der Waals surface area (Å²) in [7, 11) is 1.48. The van der Waals surface area contributed by atoms with Gasteiger partial charge in [0.15, 0.2) is 0 Å². The van der Waals surface area contributed by atoms with Crippen molar-refractivity contribution in [2.75, 3.05) is 30.5 Å². The van der Waals surface area contributed by atoms with Gasteiger partial charge in [-0.3, -0.25) is 9.59 Å². The highest BCUT2D eigenvalue weighted by Crippen LogP contribution is 2.30. The van der Waals surface area contributed by atoms with Gasteiger partial charge in [0.05, 0.1) is 5.56 Å². The van der Waals surface area contributed by atoms with Crippen molar-refractivity contribution < 1.29 is 18.7 Å². The number of fused-ring (bicyclic) bond motifs is 1. The first-order chi connectivity index (χ1) is 12.1. The molecule has 1 aliphatic rings. The summed E-state index contributed by atoms with van der Waals surface area (Å²) in [6.07, 6.45) is 2.94. The minimum absolute atomic E-state index is 0.0112. The zero-order valence-electron chi connectivity index (χ0n) is 13.8. The van der Waals surface area contributed by atoms with E-state index < -0.39 is 11.9 Å². The number of amides is 2. The number of aromatic nitrogens is 1. The van der Waals surface area contributed by atoms with Gasteiger partial charge >= 0.3 is 0 Å². The Morgan fingerprint density at radius 1 is 1.32 bits per heavy atom. The molecule has 0 radical (unpaired) electrons. The van der Waals surface area contributed by atoms with Gasteiger partial charge in [0, 0.05) is 31.2 Å². The Balaban J connectivity index is 1.82. The van der Waals surface area contributed by atoms with E-state index in [2.05, 4.69) is 10.3 Å². The SMILES string of the molecule is COCC(=O)N1CCCc2ccc(NC(=O)c3ccc(F)nc3)cc21.